The highest BCUT2D eigenvalue weighted by Crippen LogP contribution is 2.22. The van der Waals surface area contributed by atoms with Gasteiger partial charge < -0.3 is 0 Å². The normalized spacial score (nSPS) is 11.9. The molecular formula is C20H36BrFN2. The number of nitrogens with zero attached hydrogens (tertiary/aromatic N) is 2. The van der Waals surface area contributed by atoms with E-state index in [-0.39, 0.29) is 17.0 Å². The molecule has 1 aromatic rings. The fraction of sp³-hybridized carbons (Fsp3) is 0.800. The molecule has 0 aliphatic carbocycles. The minimum Gasteiger partial charge on any atom is -0.244 e. The Kier molecular flexibility index (Phi) is 16.9. The second-order valence-electron chi connectivity index (χ2n) is 6.67. The fourth-order valence-electron chi connectivity index (χ4n) is 2.98. The summed E-state index contributed by atoms with van der Waals surface area (Å²) in [5.41, 5.74) is 0.617. The molecule has 0 bridgehead atoms. The molecule has 4 heteroatoms. The third kappa shape index (κ3) is 12.9. The van der Waals surface area contributed by atoms with Gasteiger partial charge in [-0.05, 0) is 6.42 Å². The molecule has 140 valence electrons. The van der Waals surface area contributed by atoms with E-state index in [0.29, 0.717) is 12.0 Å². The lowest BCUT2D eigenvalue weighted by Gasteiger charge is -2.07. The monoisotopic (exact) mass is 402 g/mol. The van der Waals surface area contributed by atoms with Crippen LogP contribution in [0.3, 0.4) is 0 Å². The first kappa shape index (κ1) is 23.5. The van der Waals surface area contributed by atoms with E-state index in [4.69, 9.17) is 0 Å². The third-order valence-electron chi connectivity index (χ3n) is 4.50. The van der Waals surface area contributed by atoms with Gasteiger partial charge in [-0.15, -0.1) is 17.0 Å². The number of alkyl halides is 1. The first-order valence-corrected chi connectivity index (χ1v) is 9.73. The van der Waals surface area contributed by atoms with Gasteiger partial charge >= 0.3 is 0 Å². The molecule has 0 N–H and O–H groups in total. The van der Waals surface area contributed by atoms with Crippen molar-refractivity contribution in [3.8, 4) is 0 Å². The van der Waals surface area contributed by atoms with Crippen molar-refractivity contribution in [1.29, 1.82) is 0 Å². The Morgan fingerprint density at radius 1 is 0.750 bits per heavy atom. The molecule has 0 saturated carbocycles. The fourth-order valence-corrected chi connectivity index (χ4v) is 2.98. The zero-order valence-corrected chi connectivity index (χ0v) is 17.1. The van der Waals surface area contributed by atoms with Crippen LogP contribution in [0.5, 0.6) is 0 Å². The summed E-state index contributed by atoms with van der Waals surface area (Å²) in [7, 11) is 0. The van der Waals surface area contributed by atoms with Crippen LogP contribution in [0, 0.1) is 0 Å². The standard InChI is InChI=1S/C20H35FN2.BrH/c1-2-3-4-5-6-7-8-9-10-11-12-13-14-15-20(21)19-16-22-18-23-17-19;/h16-18,20H,2-15H2,1H3;1H. The molecule has 1 rings (SSSR count). The molecule has 0 amide bonds. The molecule has 1 heterocycles. The Labute approximate surface area is 158 Å². The molecule has 0 radical (unpaired) electrons. The highest BCUT2D eigenvalue weighted by molar-refractivity contribution is 8.93. The molecular weight excluding hydrogens is 367 g/mol. The summed E-state index contributed by atoms with van der Waals surface area (Å²) >= 11 is 0. The van der Waals surface area contributed by atoms with Crippen LogP contribution in [-0.2, 0) is 0 Å². The van der Waals surface area contributed by atoms with E-state index >= 15 is 0 Å². The molecule has 0 aliphatic heterocycles. The smallest absolute Gasteiger partial charge is 0.128 e. The first-order valence-electron chi connectivity index (χ1n) is 9.73. The lowest BCUT2D eigenvalue weighted by Crippen LogP contribution is -1.94. The van der Waals surface area contributed by atoms with E-state index in [2.05, 4.69) is 16.9 Å². The lowest BCUT2D eigenvalue weighted by atomic mass is 10.0. The summed E-state index contributed by atoms with van der Waals surface area (Å²) in [4.78, 5) is 7.74. The molecule has 24 heavy (non-hydrogen) atoms. The molecule has 1 unspecified atom stereocenters. The average molecular weight is 403 g/mol. The van der Waals surface area contributed by atoms with Crippen LogP contribution in [0.1, 0.15) is 109 Å². The largest absolute Gasteiger partial charge is 0.244 e. The molecule has 0 spiro atoms. The van der Waals surface area contributed by atoms with Gasteiger partial charge in [-0.2, -0.15) is 0 Å². The molecule has 0 aromatic carbocycles. The molecule has 1 aromatic heterocycles. The van der Waals surface area contributed by atoms with Gasteiger partial charge in [-0.1, -0.05) is 90.4 Å². The first-order chi connectivity index (χ1) is 11.3. The van der Waals surface area contributed by atoms with Crippen molar-refractivity contribution in [2.75, 3.05) is 0 Å². The minimum atomic E-state index is -0.899. The Morgan fingerprint density at radius 3 is 1.62 bits per heavy atom. The zero-order valence-electron chi connectivity index (χ0n) is 15.4. The van der Waals surface area contributed by atoms with Gasteiger partial charge in [0.15, 0.2) is 0 Å². The summed E-state index contributed by atoms with van der Waals surface area (Å²) < 4.78 is 13.9. The zero-order chi connectivity index (χ0) is 16.6. The second kappa shape index (κ2) is 17.3. The van der Waals surface area contributed by atoms with Crippen LogP contribution >= 0.6 is 17.0 Å². The van der Waals surface area contributed by atoms with Crippen LogP contribution in [0.2, 0.25) is 0 Å². The molecule has 2 nitrogen and oxygen atoms in total. The van der Waals surface area contributed by atoms with Gasteiger partial charge in [0.25, 0.3) is 0 Å². The van der Waals surface area contributed by atoms with E-state index in [1.165, 1.54) is 77.0 Å². The van der Waals surface area contributed by atoms with Crippen molar-refractivity contribution < 1.29 is 4.39 Å². The summed E-state index contributed by atoms with van der Waals surface area (Å²) in [5.74, 6) is 0. The van der Waals surface area contributed by atoms with Gasteiger partial charge in [0.1, 0.15) is 12.5 Å². The number of unbranched alkanes of at least 4 members (excludes halogenated alkanes) is 12. The van der Waals surface area contributed by atoms with Gasteiger partial charge in [0.05, 0.1) is 0 Å². The van der Waals surface area contributed by atoms with E-state index in [0.717, 1.165) is 12.8 Å². The quantitative estimate of drug-likeness (QED) is 0.283. The molecule has 0 fully saturated rings. The summed E-state index contributed by atoms with van der Waals surface area (Å²) in [6.07, 6.45) is 21.5. The summed E-state index contributed by atoms with van der Waals surface area (Å²) in [5, 5.41) is 0. The topological polar surface area (TPSA) is 25.8 Å². The average Bonchev–Trinajstić information content (AvgIpc) is 2.59. The molecule has 0 aliphatic rings. The van der Waals surface area contributed by atoms with E-state index in [1.807, 2.05) is 0 Å². The Morgan fingerprint density at radius 2 is 1.17 bits per heavy atom. The Hall–Kier alpha value is -0.510. The minimum absolute atomic E-state index is 0. The number of halogens is 2. The number of rotatable bonds is 15. The number of hydrogen-bond acceptors (Lipinski definition) is 2. The summed E-state index contributed by atoms with van der Waals surface area (Å²) in [6, 6.07) is 0. The van der Waals surface area contributed by atoms with Crippen LogP contribution in [-0.4, -0.2) is 9.97 Å². The van der Waals surface area contributed by atoms with Crippen molar-refractivity contribution in [2.24, 2.45) is 0 Å². The Balaban J connectivity index is 0.00000529. The van der Waals surface area contributed by atoms with E-state index < -0.39 is 6.17 Å². The second-order valence-corrected chi connectivity index (χ2v) is 6.67. The number of aromatic nitrogens is 2. The highest BCUT2D eigenvalue weighted by atomic mass is 79.9. The van der Waals surface area contributed by atoms with Crippen molar-refractivity contribution in [3.63, 3.8) is 0 Å². The van der Waals surface area contributed by atoms with Crippen LogP contribution < -0.4 is 0 Å². The van der Waals surface area contributed by atoms with Crippen LogP contribution in [0.15, 0.2) is 18.7 Å². The predicted octanol–water partition coefficient (Wildman–Crippen LogP) is 7.55. The van der Waals surface area contributed by atoms with E-state index in [9.17, 15) is 4.39 Å². The van der Waals surface area contributed by atoms with Gasteiger partial charge in [0.2, 0.25) is 0 Å². The van der Waals surface area contributed by atoms with Crippen LogP contribution in [0.25, 0.3) is 0 Å². The van der Waals surface area contributed by atoms with Crippen molar-refractivity contribution in [1.82, 2.24) is 9.97 Å². The molecule has 1 atom stereocenters. The molecule has 0 saturated heterocycles. The van der Waals surface area contributed by atoms with Crippen molar-refractivity contribution >= 4 is 17.0 Å². The Bertz CT molecular complexity index is 362. The lowest BCUT2D eigenvalue weighted by molar-refractivity contribution is 0.311. The summed E-state index contributed by atoms with van der Waals surface area (Å²) in [6.45, 7) is 2.27. The highest BCUT2D eigenvalue weighted by Gasteiger charge is 2.09. The maximum atomic E-state index is 13.9. The third-order valence-corrected chi connectivity index (χ3v) is 4.50. The maximum Gasteiger partial charge on any atom is 0.128 e. The predicted molar refractivity (Wildman–Crippen MR) is 107 cm³/mol. The van der Waals surface area contributed by atoms with Gasteiger partial charge in [-0.25, -0.2) is 14.4 Å². The van der Waals surface area contributed by atoms with Gasteiger partial charge in [0, 0.05) is 18.0 Å². The van der Waals surface area contributed by atoms with Gasteiger partial charge in [-0.3, -0.25) is 0 Å². The number of hydrogen-bond donors (Lipinski definition) is 0. The van der Waals surface area contributed by atoms with Crippen molar-refractivity contribution in [3.05, 3.63) is 24.3 Å². The maximum absolute atomic E-state index is 13.9. The van der Waals surface area contributed by atoms with E-state index in [1.54, 1.807) is 12.4 Å². The van der Waals surface area contributed by atoms with Crippen molar-refractivity contribution in [2.45, 2.75) is 103 Å². The van der Waals surface area contributed by atoms with Crippen LogP contribution in [0.4, 0.5) is 4.39 Å². The SMILES string of the molecule is Br.CCCCCCCCCCCCCCCC(F)c1cncnc1.